The number of cyclic esters (lactones) is 1. The largest absolute Gasteiger partial charge is 0.454 e. The van der Waals surface area contributed by atoms with Gasteiger partial charge < -0.3 is 4.74 Å². The molecule has 1 heterocycles. The summed E-state index contributed by atoms with van der Waals surface area (Å²) in [7, 11) is 0. The van der Waals surface area contributed by atoms with Gasteiger partial charge in [-0.25, -0.2) is 4.79 Å². The van der Waals surface area contributed by atoms with Gasteiger partial charge in [0.1, 0.15) is 6.10 Å². The van der Waals surface area contributed by atoms with E-state index in [1.54, 1.807) is 0 Å². The fourth-order valence-electron chi connectivity index (χ4n) is 2.65. The van der Waals surface area contributed by atoms with Crippen LogP contribution in [0.3, 0.4) is 0 Å². The molecule has 0 radical (unpaired) electrons. The highest BCUT2D eigenvalue weighted by Gasteiger charge is 2.37. The van der Waals surface area contributed by atoms with Crippen molar-refractivity contribution in [1.82, 2.24) is 0 Å². The summed E-state index contributed by atoms with van der Waals surface area (Å²) in [6.07, 6.45) is 0.649. The second-order valence-electron chi connectivity index (χ2n) is 5.87. The van der Waals surface area contributed by atoms with Gasteiger partial charge in [0, 0.05) is 12.0 Å². The summed E-state index contributed by atoms with van der Waals surface area (Å²) in [5, 5.41) is 0. The second-order valence-corrected chi connectivity index (χ2v) is 5.87. The molecule has 0 N–H and O–H groups in total. The first-order valence-corrected chi connectivity index (χ1v) is 6.36. The van der Waals surface area contributed by atoms with E-state index in [1.807, 2.05) is 25.1 Å². The summed E-state index contributed by atoms with van der Waals surface area (Å²) in [6, 6.07) is 10.2. The van der Waals surface area contributed by atoms with Crippen molar-refractivity contribution < 1.29 is 9.53 Å². The molecule has 1 aromatic rings. The number of hydrogen-bond acceptors (Lipinski definition) is 2. The molecular formula is C16H20O2. The number of ether oxygens (including phenoxy) is 1. The van der Waals surface area contributed by atoms with Crippen molar-refractivity contribution >= 4 is 5.97 Å². The van der Waals surface area contributed by atoms with E-state index in [4.69, 9.17) is 4.74 Å². The molecule has 18 heavy (non-hydrogen) atoms. The van der Waals surface area contributed by atoms with E-state index in [0.29, 0.717) is 0 Å². The minimum absolute atomic E-state index is 0.0321. The number of esters is 1. The highest BCUT2D eigenvalue weighted by atomic mass is 16.5. The van der Waals surface area contributed by atoms with Gasteiger partial charge in [-0.1, -0.05) is 51.1 Å². The highest BCUT2D eigenvalue weighted by molar-refractivity contribution is 5.92. The maximum absolute atomic E-state index is 11.8. The zero-order valence-corrected chi connectivity index (χ0v) is 11.5. The molecule has 1 aliphatic heterocycles. The van der Waals surface area contributed by atoms with E-state index >= 15 is 0 Å². The van der Waals surface area contributed by atoms with Crippen molar-refractivity contribution in [2.24, 2.45) is 5.41 Å². The van der Waals surface area contributed by atoms with Crippen LogP contribution >= 0.6 is 0 Å². The third-order valence-corrected chi connectivity index (χ3v) is 3.35. The number of carbonyl (C=O) groups is 1. The molecule has 0 aliphatic carbocycles. The molecule has 0 spiro atoms. The van der Waals surface area contributed by atoms with Crippen LogP contribution in [0.1, 0.15) is 33.3 Å². The normalized spacial score (nSPS) is 20.2. The lowest BCUT2D eigenvalue weighted by molar-refractivity contribution is -0.139. The third-order valence-electron chi connectivity index (χ3n) is 3.35. The van der Waals surface area contributed by atoms with Gasteiger partial charge in [0.15, 0.2) is 0 Å². The lowest BCUT2D eigenvalue weighted by Crippen LogP contribution is -2.23. The number of benzene rings is 1. The van der Waals surface area contributed by atoms with Gasteiger partial charge in [-0.05, 0) is 23.5 Å². The van der Waals surface area contributed by atoms with Crippen molar-refractivity contribution in [3.63, 3.8) is 0 Å². The van der Waals surface area contributed by atoms with Gasteiger partial charge in [0.2, 0.25) is 0 Å². The highest BCUT2D eigenvalue weighted by Crippen LogP contribution is 2.38. The molecule has 2 rings (SSSR count). The molecule has 1 aliphatic rings. The Morgan fingerprint density at radius 1 is 1.17 bits per heavy atom. The number of hydrogen-bond donors (Lipinski definition) is 0. The minimum Gasteiger partial charge on any atom is -0.454 e. The molecule has 1 aromatic carbocycles. The van der Waals surface area contributed by atoms with Gasteiger partial charge in [-0.2, -0.15) is 0 Å². The topological polar surface area (TPSA) is 26.3 Å². The Bertz CT molecular complexity index is 478. The van der Waals surface area contributed by atoms with Crippen LogP contribution in [0.25, 0.3) is 0 Å². The van der Waals surface area contributed by atoms with E-state index in [1.165, 1.54) is 5.56 Å². The van der Waals surface area contributed by atoms with Crippen LogP contribution in [-0.2, 0) is 16.0 Å². The first kappa shape index (κ1) is 12.9. The number of rotatable bonds is 2. The van der Waals surface area contributed by atoms with Crippen molar-refractivity contribution in [1.29, 1.82) is 0 Å². The molecule has 0 saturated heterocycles. The fourth-order valence-corrected chi connectivity index (χ4v) is 2.65. The zero-order valence-electron chi connectivity index (χ0n) is 11.5. The zero-order chi connectivity index (χ0) is 13.3. The van der Waals surface area contributed by atoms with E-state index in [-0.39, 0.29) is 17.5 Å². The third kappa shape index (κ3) is 2.47. The first-order valence-electron chi connectivity index (χ1n) is 6.36. The summed E-state index contributed by atoms with van der Waals surface area (Å²) in [5.41, 5.74) is 3.09. The Kier molecular flexibility index (Phi) is 3.29. The smallest absolute Gasteiger partial charge is 0.334 e. The average molecular weight is 244 g/mol. The van der Waals surface area contributed by atoms with Crippen LogP contribution in [0.5, 0.6) is 0 Å². The molecule has 0 aromatic heterocycles. The fraction of sp³-hybridized carbons (Fsp3) is 0.438. The Morgan fingerprint density at radius 2 is 1.78 bits per heavy atom. The van der Waals surface area contributed by atoms with Crippen molar-refractivity contribution in [3.05, 3.63) is 47.0 Å². The van der Waals surface area contributed by atoms with Gasteiger partial charge >= 0.3 is 5.97 Å². The summed E-state index contributed by atoms with van der Waals surface area (Å²) in [5.74, 6) is -0.166. The molecule has 0 bridgehead atoms. The monoisotopic (exact) mass is 244 g/mol. The maximum atomic E-state index is 11.8. The van der Waals surface area contributed by atoms with Crippen LogP contribution in [-0.4, -0.2) is 12.1 Å². The Balaban J connectivity index is 2.27. The van der Waals surface area contributed by atoms with E-state index in [2.05, 4.69) is 32.9 Å². The van der Waals surface area contributed by atoms with Crippen molar-refractivity contribution in [2.45, 2.75) is 40.2 Å². The summed E-state index contributed by atoms with van der Waals surface area (Å²) < 4.78 is 5.50. The van der Waals surface area contributed by atoms with Gasteiger partial charge in [-0.15, -0.1) is 0 Å². The average Bonchev–Trinajstić information content (AvgIpc) is 2.55. The maximum Gasteiger partial charge on any atom is 0.334 e. The molecule has 0 fully saturated rings. The van der Waals surface area contributed by atoms with E-state index in [9.17, 15) is 4.79 Å². The Labute approximate surface area is 109 Å². The molecule has 0 saturated carbocycles. The van der Waals surface area contributed by atoms with Gasteiger partial charge in [-0.3, -0.25) is 0 Å². The van der Waals surface area contributed by atoms with Crippen LogP contribution in [0.2, 0.25) is 0 Å². The lowest BCUT2D eigenvalue weighted by atomic mass is 9.80. The first-order chi connectivity index (χ1) is 8.39. The Morgan fingerprint density at radius 3 is 2.33 bits per heavy atom. The number of carbonyl (C=O) groups excluding carboxylic acids is 1. The summed E-state index contributed by atoms with van der Waals surface area (Å²) >= 11 is 0. The minimum atomic E-state index is -0.166. The molecule has 1 atom stereocenters. The van der Waals surface area contributed by atoms with Crippen LogP contribution in [0.15, 0.2) is 41.5 Å². The van der Waals surface area contributed by atoms with E-state index < -0.39 is 0 Å². The predicted octanol–water partition coefficient (Wildman–Crippen LogP) is 3.52. The Hall–Kier alpha value is -1.57. The van der Waals surface area contributed by atoms with Gasteiger partial charge in [0.25, 0.3) is 0 Å². The van der Waals surface area contributed by atoms with Crippen LogP contribution in [0, 0.1) is 5.41 Å². The molecule has 0 amide bonds. The lowest BCUT2D eigenvalue weighted by Gasteiger charge is -2.26. The molecule has 2 nitrogen and oxygen atoms in total. The SMILES string of the molecule is CC1=C(C(C)(C)C)C(Cc2ccccc2)OC1=O. The standard InChI is InChI=1S/C16H20O2/c1-11-14(16(2,3)4)13(18-15(11)17)10-12-8-6-5-7-9-12/h5-9,13H,10H2,1-4H3. The molecule has 2 heteroatoms. The van der Waals surface area contributed by atoms with Crippen LogP contribution in [0.4, 0.5) is 0 Å². The van der Waals surface area contributed by atoms with E-state index in [0.717, 1.165) is 17.6 Å². The second kappa shape index (κ2) is 4.60. The molecule has 1 unspecified atom stereocenters. The summed E-state index contributed by atoms with van der Waals surface area (Å²) in [4.78, 5) is 11.8. The quantitative estimate of drug-likeness (QED) is 0.744. The van der Waals surface area contributed by atoms with Crippen molar-refractivity contribution in [3.8, 4) is 0 Å². The summed E-state index contributed by atoms with van der Waals surface area (Å²) in [6.45, 7) is 8.26. The van der Waals surface area contributed by atoms with Gasteiger partial charge in [0.05, 0.1) is 0 Å². The molecular weight excluding hydrogens is 224 g/mol. The predicted molar refractivity (Wildman–Crippen MR) is 72.2 cm³/mol. The van der Waals surface area contributed by atoms with Crippen LogP contribution < -0.4 is 0 Å². The van der Waals surface area contributed by atoms with Crippen molar-refractivity contribution in [2.75, 3.05) is 0 Å². The molecule has 96 valence electrons.